The molecule has 0 spiro atoms. The monoisotopic (exact) mass is 271 g/mol. The third-order valence-electron chi connectivity index (χ3n) is 2.12. The lowest BCUT2D eigenvalue weighted by Gasteiger charge is -2.25. The number of aromatic nitrogens is 1. The maximum Gasteiger partial charge on any atom is 0.335 e. The molecule has 98 valence electrons. The zero-order valence-electron chi connectivity index (χ0n) is 10.0. The minimum absolute atomic E-state index is 0.0207. The van der Waals surface area contributed by atoms with Crippen molar-refractivity contribution in [2.75, 3.05) is 5.32 Å². The van der Waals surface area contributed by atoms with Crippen LogP contribution in [0.4, 0.5) is 5.82 Å². The number of carboxylic acid groups (broad SMARTS) is 1. The molecule has 0 aliphatic heterocycles. The molecular formula is C11H14ClN3O3. The van der Waals surface area contributed by atoms with Crippen LogP contribution in [-0.4, -0.2) is 27.5 Å². The van der Waals surface area contributed by atoms with Gasteiger partial charge in [0.25, 0.3) is 0 Å². The number of hydrogen-bond donors (Lipinski definition) is 3. The van der Waals surface area contributed by atoms with Gasteiger partial charge in [0.15, 0.2) is 0 Å². The molecule has 0 saturated carbocycles. The van der Waals surface area contributed by atoms with Crippen molar-refractivity contribution in [1.82, 2.24) is 4.98 Å². The van der Waals surface area contributed by atoms with E-state index < -0.39 is 17.4 Å². The van der Waals surface area contributed by atoms with Crippen LogP contribution in [0.5, 0.6) is 0 Å². The van der Waals surface area contributed by atoms with E-state index in [1.54, 1.807) is 13.8 Å². The summed E-state index contributed by atoms with van der Waals surface area (Å²) in [6.07, 6.45) is 0.0869. The highest BCUT2D eigenvalue weighted by Gasteiger charge is 2.21. The fourth-order valence-corrected chi connectivity index (χ4v) is 1.72. The summed E-state index contributed by atoms with van der Waals surface area (Å²) in [5.41, 5.74) is 4.50. The highest BCUT2D eigenvalue weighted by atomic mass is 35.5. The molecule has 1 amide bonds. The molecule has 0 aromatic carbocycles. The first-order chi connectivity index (χ1) is 8.19. The normalized spacial score (nSPS) is 11.1. The first-order valence-electron chi connectivity index (χ1n) is 5.17. The van der Waals surface area contributed by atoms with Gasteiger partial charge in [-0.05, 0) is 26.0 Å². The summed E-state index contributed by atoms with van der Waals surface area (Å²) < 4.78 is 0. The summed E-state index contributed by atoms with van der Waals surface area (Å²) in [7, 11) is 0. The van der Waals surface area contributed by atoms with Crippen molar-refractivity contribution in [2.45, 2.75) is 25.8 Å². The maximum absolute atomic E-state index is 10.9. The van der Waals surface area contributed by atoms with E-state index in [1.807, 2.05) is 0 Å². The number of hydrogen-bond acceptors (Lipinski definition) is 4. The number of carbonyl (C=O) groups excluding carboxylic acids is 1. The highest BCUT2D eigenvalue weighted by molar-refractivity contribution is 6.29. The van der Waals surface area contributed by atoms with Crippen molar-refractivity contribution in [1.29, 1.82) is 0 Å². The van der Waals surface area contributed by atoms with Gasteiger partial charge in [0.05, 0.1) is 5.56 Å². The molecule has 1 rings (SSSR count). The molecule has 4 N–H and O–H groups in total. The average molecular weight is 272 g/mol. The average Bonchev–Trinajstić information content (AvgIpc) is 2.12. The quantitative estimate of drug-likeness (QED) is 0.704. The van der Waals surface area contributed by atoms with Crippen LogP contribution in [0, 0.1) is 0 Å². The van der Waals surface area contributed by atoms with E-state index in [0.29, 0.717) is 0 Å². The molecule has 1 aromatic heterocycles. The maximum atomic E-state index is 10.9. The fraction of sp³-hybridized carbons (Fsp3) is 0.364. The van der Waals surface area contributed by atoms with E-state index in [0.717, 1.165) is 0 Å². The van der Waals surface area contributed by atoms with Crippen molar-refractivity contribution in [3.8, 4) is 0 Å². The lowest BCUT2D eigenvalue weighted by Crippen LogP contribution is -2.36. The number of carbonyl (C=O) groups is 2. The second-order valence-corrected chi connectivity index (χ2v) is 4.91. The molecule has 0 atom stereocenters. The number of rotatable bonds is 5. The summed E-state index contributed by atoms with van der Waals surface area (Å²) >= 11 is 5.72. The Morgan fingerprint density at radius 1 is 1.50 bits per heavy atom. The van der Waals surface area contributed by atoms with Gasteiger partial charge < -0.3 is 16.2 Å². The van der Waals surface area contributed by atoms with Gasteiger partial charge in [0, 0.05) is 12.0 Å². The molecule has 0 aliphatic rings. The third-order valence-corrected chi connectivity index (χ3v) is 2.32. The summed E-state index contributed by atoms with van der Waals surface area (Å²) in [4.78, 5) is 25.7. The number of nitrogens with two attached hydrogens (primary N) is 1. The summed E-state index contributed by atoms with van der Waals surface area (Å²) in [6, 6.07) is 2.59. The van der Waals surface area contributed by atoms with E-state index in [9.17, 15) is 9.59 Å². The van der Waals surface area contributed by atoms with Crippen molar-refractivity contribution >= 4 is 29.3 Å². The minimum Gasteiger partial charge on any atom is -0.478 e. The molecule has 0 unspecified atom stereocenters. The SMILES string of the molecule is CC(C)(CC(N)=O)Nc1cc(C(=O)O)cc(Cl)n1. The lowest BCUT2D eigenvalue weighted by atomic mass is 10.0. The molecule has 18 heavy (non-hydrogen) atoms. The van der Waals surface area contributed by atoms with Crippen molar-refractivity contribution in [2.24, 2.45) is 5.73 Å². The standard InChI is InChI=1S/C11H14ClN3O3/c1-11(2,5-8(13)16)15-9-4-6(10(17)18)3-7(12)14-9/h3-4H,5H2,1-2H3,(H2,13,16)(H,14,15)(H,17,18). The first-order valence-corrected chi connectivity index (χ1v) is 5.55. The van der Waals surface area contributed by atoms with Crippen molar-refractivity contribution in [3.05, 3.63) is 22.8 Å². The minimum atomic E-state index is -1.10. The van der Waals surface area contributed by atoms with E-state index in [2.05, 4.69) is 10.3 Å². The summed E-state index contributed by atoms with van der Waals surface area (Å²) in [5, 5.41) is 11.9. The Labute approximate surface area is 109 Å². The molecule has 0 saturated heterocycles. The Bertz CT molecular complexity index is 488. The van der Waals surface area contributed by atoms with Gasteiger partial charge in [-0.1, -0.05) is 11.6 Å². The third kappa shape index (κ3) is 4.21. The second-order valence-electron chi connectivity index (χ2n) is 4.52. The first kappa shape index (κ1) is 14.2. The van der Waals surface area contributed by atoms with E-state index in [-0.39, 0.29) is 23.0 Å². The number of primary amides is 1. The number of anilines is 1. The number of nitrogens with one attached hydrogen (secondary N) is 1. The highest BCUT2D eigenvalue weighted by Crippen LogP contribution is 2.20. The van der Waals surface area contributed by atoms with Crippen molar-refractivity contribution in [3.63, 3.8) is 0 Å². The second kappa shape index (κ2) is 5.22. The molecule has 1 heterocycles. The van der Waals surface area contributed by atoms with Gasteiger partial charge in [-0.15, -0.1) is 0 Å². The van der Waals surface area contributed by atoms with Gasteiger partial charge in [0.1, 0.15) is 11.0 Å². The van der Waals surface area contributed by atoms with E-state index in [1.165, 1.54) is 12.1 Å². The number of aromatic carboxylic acids is 1. The van der Waals surface area contributed by atoms with Crippen LogP contribution in [0.3, 0.4) is 0 Å². The van der Waals surface area contributed by atoms with Crippen LogP contribution in [0.2, 0.25) is 5.15 Å². The van der Waals surface area contributed by atoms with Crippen LogP contribution in [0.15, 0.2) is 12.1 Å². The predicted octanol–water partition coefficient (Wildman–Crippen LogP) is 1.50. The van der Waals surface area contributed by atoms with Crippen LogP contribution in [-0.2, 0) is 4.79 Å². The Morgan fingerprint density at radius 2 is 2.11 bits per heavy atom. The van der Waals surface area contributed by atoms with Crippen molar-refractivity contribution < 1.29 is 14.7 Å². The zero-order chi connectivity index (χ0) is 13.9. The molecular weight excluding hydrogens is 258 g/mol. The van der Waals surface area contributed by atoms with Gasteiger partial charge in [-0.25, -0.2) is 9.78 Å². The number of nitrogens with zero attached hydrogens (tertiary/aromatic N) is 1. The molecule has 0 bridgehead atoms. The predicted molar refractivity (Wildman–Crippen MR) is 67.7 cm³/mol. The van der Waals surface area contributed by atoms with Gasteiger partial charge in [-0.3, -0.25) is 4.79 Å². The molecule has 6 nitrogen and oxygen atoms in total. The topological polar surface area (TPSA) is 105 Å². The Balaban J connectivity index is 2.97. The number of carboxylic acids is 1. The van der Waals surface area contributed by atoms with E-state index >= 15 is 0 Å². The summed E-state index contributed by atoms with van der Waals surface area (Å²) in [5.74, 6) is -1.28. The summed E-state index contributed by atoms with van der Waals surface area (Å²) in [6.45, 7) is 3.50. The molecule has 7 heteroatoms. The Hall–Kier alpha value is -1.82. The fourth-order valence-electron chi connectivity index (χ4n) is 1.51. The molecule has 0 radical (unpaired) electrons. The Morgan fingerprint density at radius 3 is 2.61 bits per heavy atom. The number of amides is 1. The van der Waals surface area contributed by atoms with Crippen LogP contribution < -0.4 is 11.1 Å². The lowest BCUT2D eigenvalue weighted by molar-refractivity contribution is -0.118. The number of halogens is 1. The zero-order valence-corrected chi connectivity index (χ0v) is 10.8. The van der Waals surface area contributed by atoms with Crippen LogP contribution in [0.1, 0.15) is 30.6 Å². The van der Waals surface area contributed by atoms with E-state index in [4.69, 9.17) is 22.4 Å². The van der Waals surface area contributed by atoms with Gasteiger partial charge in [0.2, 0.25) is 5.91 Å². The van der Waals surface area contributed by atoms with Crippen LogP contribution >= 0.6 is 11.6 Å². The molecule has 0 fully saturated rings. The molecule has 0 aliphatic carbocycles. The smallest absolute Gasteiger partial charge is 0.335 e. The number of pyridine rings is 1. The Kier molecular flexibility index (Phi) is 4.13. The molecule has 1 aromatic rings. The van der Waals surface area contributed by atoms with Crippen LogP contribution in [0.25, 0.3) is 0 Å². The van der Waals surface area contributed by atoms with Gasteiger partial charge >= 0.3 is 5.97 Å². The van der Waals surface area contributed by atoms with Gasteiger partial charge in [-0.2, -0.15) is 0 Å². The largest absolute Gasteiger partial charge is 0.478 e.